The highest BCUT2D eigenvalue weighted by Gasteiger charge is 2.38. The molecule has 2 aromatic rings. The zero-order valence-corrected chi connectivity index (χ0v) is 23.9. The van der Waals surface area contributed by atoms with E-state index in [4.69, 9.17) is 36.8 Å². The molecule has 206 valence electrons. The number of aromatic amines is 1. The van der Waals surface area contributed by atoms with Crippen molar-refractivity contribution in [1.29, 1.82) is 0 Å². The smallest absolute Gasteiger partial charge is 0.330 e. The van der Waals surface area contributed by atoms with E-state index in [0.29, 0.717) is 24.3 Å². The molecule has 1 aromatic heterocycles. The molecule has 1 aromatic carbocycles. The average Bonchev–Trinajstić information content (AvgIpc) is 3.28. The summed E-state index contributed by atoms with van der Waals surface area (Å²) in [5.41, 5.74) is -1.14. The number of carbonyl (C=O) groups is 1. The Morgan fingerprint density at radius 2 is 2.08 bits per heavy atom. The Bertz CT molecular complexity index is 1280. The quantitative estimate of drug-likeness (QED) is 0.207. The summed E-state index contributed by atoms with van der Waals surface area (Å²) < 4.78 is 25.0. The van der Waals surface area contributed by atoms with E-state index in [1.807, 2.05) is 12.3 Å². The lowest BCUT2D eigenvalue weighted by Crippen LogP contribution is -2.39. The monoisotopic (exact) mass is 581 g/mol. The van der Waals surface area contributed by atoms with Crippen molar-refractivity contribution < 1.29 is 23.3 Å². The molecule has 2 heterocycles. The molecule has 0 aliphatic carbocycles. The van der Waals surface area contributed by atoms with Gasteiger partial charge in [0.1, 0.15) is 11.8 Å². The Labute approximate surface area is 231 Å². The number of hydrogen-bond acceptors (Lipinski definition) is 9. The van der Waals surface area contributed by atoms with Crippen molar-refractivity contribution >= 4 is 36.2 Å². The third-order valence-corrected chi connectivity index (χ3v) is 8.56. The largest absolute Gasteiger partial charge is 0.462 e. The third-order valence-electron chi connectivity index (χ3n) is 5.49. The van der Waals surface area contributed by atoms with Crippen LogP contribution in [-0.2, 0) is 30.6 Å². The van der Waals surface area contributed by atoms with Crippen LogP contribution in [0, 0.1) is 18.3 Å². The molecule has 13 heteroatoms. The molecule has 2 N–H and O–H groups in total. The SMILES string of the molecule is C#CC1C[C@@H](COP(=S)(N[C@@H](CCSC)C(=O)OC(C)C)Oc2ccccc2)O[C@H]1n1ccc(=O)[nH]c1=O. The molecule has 0 amide bonds. The predicted molar refractivity (Wildman–Crippen MR) is 151 cm³/mol. The van der Waals surface area contributed by atoms with Gasteiger partial charge in [-0.15, -0.1) is 6.42 Å². The Kier molecular flexibility index (Phi) is 11.2. The molecule has 1 saturated heterocycles. The Balaban J connectivity index is 1.79. The fourth-order valence-corrected chi connectivity index (χ4v) is 6.61. The number of esters is 1. The topological polar surface area (TPSA) is 121 Å². The third kappa shape index (κ3) is 8.56. The lowest BCUT2D eigenvalue weighted by Gasteiger charge is -2.29. The molecule has 1 aliphatic rings. The summed E-state index contributed by atoms with van der Waals surface area (Å²) in [6.45, 7) is 0.256. The number of benzene rings is 1. The highest BCUT2D eigenvalue weighted by atomic mass is 32.5. The number of rotatable bonds is 13. The van der Waals surface area contributed by atoms with Crippen LogP contribution in [0.25, 0.3) is 0 Å². The van der Waals surface area contributed by atoms with Crippen LogP contribution in [-0.4, -0.2) is 52.4 Å². The van der Waals surface area contributed by atoms with E-state index in [-0.39, 0.29) is 12.7 Å². The van der Waals surface area contributed by atoms with E-state index in [2.05, 4.69) is 16.0 Å². The van der Waals surface area contributed by atoms with Crippen LogP contribution < -0.4 is 20.9 Å². The van der Waals surface area contributed by atoms with Crippen LogP contribution in [0.1, 0.15) is 32.9 Å². The van der Waals surface area contributed by atoms with Crippen LogP contribution in [0.4, 0.5) is 0 Å². The lowest BCUT2D eigenvalue weighted by molar-refractivity contribution is -0.149. The number of nitrogens with zero attached hydrogens (tertiary/aromatic N) is 1. The van der Waals surface area contributed by atoms with Gasteiger partial charge in [-0.25, -0.2) is 9.88 Å². The first-order valence-corrected chi connectivity index (χ1v) is 16.1. The second kappa shape index (κ2) is 14.1. The van der Waals surface area contributed by atoms with E-state index in [0.717, 1.165) is 0 Å². The van der Waals surface area contributed by atoms with Gasteiger partial charge in [0.15, 0.2) is 6.23 Å². The van der Waals surface area contributed by atoms with Gasteiger partial charge in [0.25, 0.3) is 5.56 Å². The molecule has 0 spiro atoms. The molecule has 0 radical (unpaired) electrons. The Morgan fingerprint density at radius 1 is 1.34 bits per heavy atom. The summed E-state index contributed by atoms with van der Waals surface area (Å²) in [7, 11) is 0. The van der Waals surface area contributed by atoms with Crippen LogP contribution in [0.2, 0.25) is 0 Å². The van der Waals surface area contributed by atoms with Gasteiger partial charge < -0.3 is 18.5 Å². The van der Waals surface area contributed by atoms with Crippen molar-refractivity contribution in [3.63, 3.8) is 0 Å². The van der Waals surface area contributed by atoms with Gasteiger partial charge in [-0.3, -0.25) is 19.1 Å². The van der Waals surface area contributed by atoms with E-state index in [1.54, 1.807) is 49.9 Å². The zero-order chi connectivity index (χ0) is 27.7. The number of ether oxygens (including phenoxy) is 2. The van der Waals surface area contributed by atoms with Gasteiger partial charge in [-0.2, -0.15) is 11.8 Å². The minimum atomic E-state index is -3.30. The van der Waals surface area contributed by atoms with E-state index in [1.165, 1.54) is 16.8 Å². The van der Waals surface area contributed by atoms with Crippen LogP contribution in [0.15, 0.2) is 52.2 Å². The standard InChI is InChI=1S/C25H32N3O7PS2/c1-5-18-15-20(34-23(18)28-13-11-22(29)26-25(28)31)16-32-36(37,35-19-9-7-6-8-10-19)27-21(12-14-38-4)24(30)33-17(2)3/h1,6-11,13,17-18,20-21,23H,12,14-16H2,2-4H3,(H,27,37)(H,26,29,31)/t18?,20-,21-,23+,36?/m0/s1. The molecule has 0 saturated carbocycles. The molecule has 2 unspecified atom stereocenters. The van der Waals surface area contributed by atoms with Crippen molar-refractivity contribution in [3.05, 3.63) is 63.4 Å². The summed E-state index contributed by atoms with van der Waals surface area (Å²) in [6.07, 6.45) is 8.26. The highest BCUT2D eigenvalue weighted by Crippen LogP contribution is 2.47. The van der Waals surface area contributed by atoms with Crippen molar-refractivity contribution in [2.45, 2.75) is 51.2 Å². The number of H-pyrrole nitrogens is 1. The number of para-hydroxylation sites is 1. The van der Waals surface area contributed by atoms with Crippen molar-refractivity contribution in [2.24, 2.45) is 5.92 Å². The Hall–Kier alpha value is -2.39. The summed E-state index contributed by atoms with van der Waals surface area (Å²) >= 11 is 7.44. The number of hydrogen-bond donors (Lipinski definition) is 2. The van der Waals surface area contributed by atoms with Crippen molar-refractivity contribution in [2.75, 3.05) is 18.6 Å². The molecule has 38 heavy (non-hydrogen) atoms. The molecule has 10 nitrogen and oxygen atoms in total. The first-order chi connectivity index (χ1) is 18.1. The van der Waals surface area contributed by atoms with Gasteiger partial charge in [-0.1, -0.05) is 24.1 Å². The first-order valence-electron chi connectivity index (χ1n) is 12.0. The van der Waals surface area contributed by atoms with Crippen molar-refractivity contribution in [1.82, 2.24) is 14.6 Å². The molecule has 1 aliphatic heterocycles. The van der Waals surface area contributed by atoms with Crippen molar-refractivity contribution in [3.8, 4) is 18.1 Å². The minimum Gasteiger partial charge on any atom is -0.462 e. The average molecular weight is 582 g/mol. The van der Waals surface area contributed by atoms with Crippen LogP contribution >= 0.6 is 18.4 Å². The van der Waals surface area contributed by atoms with E-state index < -0.39 is 48.2 Å². The summed E-state index contributed by atoms with van der Waals surface area (Å²) in [5.74, 6) is 2.94. The number of terminal acetylenes is 1. The molecule has 3 rings (SSSR count). The predicted octanol–water partition coefficient (Wildman–Crippen LogP) is 3.06. The fourth-order valence-electron chi connectivity index (χ4n) is 3.76. The second-order valence-corrected chi connectivity index (χ2v) is 12.9. The van der Waals surface area contributed by atoms with E-state index >= 15 is 0 Å². The highest BCUT2D eigenvalue weighted by molar-refractivity contribution is 8.09. The normalized spacial score (nSPS) is 21.4. The molecule has 1 fully saturated rings. The van der Waals surface area contributed by atoms with Gasteiger partial charge in [-0.05, 0) is 62.6 Å². The second-order valence-electron chi connectivity index (χ2n) is 8.82. The Morgan fingerprint density at radius 3 is 2.71 bits per heavy atom. The van der Waals surface area contributed by atoms with Gasteiger partial charge in [0.05, 0.1) is 24.7 Å². The number of aromatic nitrogens is 2. The minimum absolute atomic E-state index is 0.00162. The maximum absolute atomic E-state index is 12.8. The first kappa shape index (κ1) is 30.2. The molecular weight excluding hydrogens is 549 g/mol. The number of thioether (sulfide) groups is 1. The maximum Gasteiger partial charge on any atom is 0.330 e. The molecule has 5 atom stereocenters. The summed E-state index contributed by atoms with van der Waals surface area (Å²) in [6, 6.07) is 9.43. The van der Waals surface area contributed by atoms with Crippen LogP contribution in [0.5, 0.6) is 5.75 Å². The molecular formula is C25H32N3O7PS2. The number of nitrogens with one attached hydrogen (secondary N) is 2. The zero-order valence-electron chi connectivity index (χ0n) is 21.4. The van der Waals surface area contributed by atoms with Crippen LogP contribution in [0.3, 0.4) is 0 Å². The maximum atomic E-state index is 12.8. The van der Waals surface area contributed by atoms with Gasteiger partial charge in [0.2, 0.25) is 0 Å². The van der Waals surface area contributed by atoms with Gasteiger partial charge in [0, 0.05) is 12.3 Å². The number of carbonyl (C=O) groups excluding carboxylic acids is 1. The lowest BCUT2D eigenvalue weighted by atomic mass is 10.0. The summed E-state index contributed by atoms with van der Waals surface area (Å²) in [4.78, 5) is 38.8. The van der Waals surface area contributed by atoms with E-state index in [9.17, 15) is 14.4 Å². The fraction of sp³-hybridized carbons (Fsp3) is 0.480. The van der Waals surface area contributed by atoms with Gasteiger partial charge >= 0.3 is 18.3 Å². The summed E-state index contributed by atoms with van der Waals surface area (Å²) in [5, 5.41) is 3.13. The molecule has 0 bridgehead atoms.